The number of phosphoric acid groups is 4. The number of phosphoric ester groups is 4. The number of aryl methyl sites for hydroxylation is 3. The molecule has 3 aromatic heterocycles. The van der Waals surface area contributed by atoms with Crippen LogP contribution in [0.4, 0.5) is 4.79 Å². The van der Waals surface area contributed by atoms with E-state index in [9.17, 15) is 86.5 Å². The molecule has 10 heterocycles. The number of carbonyl (C=O) groups is 2. The number of urea groups is 1. The average Bonchev–Trinajstić information content (AvgIpc) is 4.38. The van der Waals surface area contributed by atoms with Gasteiger partial charge in [0, 0.05) is 55.4 Å². The number of rotatable bonds is 15. The van der Waals surface area contributed by atoms with Crippen molar-refractivity contribution < 1.29 is 113 Å². The molecule has 7 aliphatic rings. The van der Waals surface area contributed by atoms with Crippen molar-refractivity contribution in [3.8, 4) is 0 Å². The first-order valence-corrected chi connectivity index (χ1v) is 30.3. The molecule has 0 saturated carbocycles. The summed E-state index contributed by atoms with van der Waals surface area (Å²) in [7, 11) is -21.5. The number of nitrogens with one attached hydrogen (secondary N) is 3. The number of aliphatic hydroxyl groups excluding tert-OH is 1. The van der Waals surface area contributed by atoms with E-state index in [0.717, 1.165) is 33.0 Å². The summed E-state index contributed by atoms with van der Waals surface area (Å²) in [6, 6.07) is -3.19. The lowest BCUT2D eigenvalue weighted by Gasteiger charge is -2.45. The number of imide groups is 1. The second-order valence-electron chi connectivity index (χ2n) is 19.7. The summed E-state index contributed by atoms with van der Waals surface area (Å²) in [5.41, 5.74) is -7.32. The molecule has 6 bridgehead atoms. The van der Waals surface area contributed by atoms with Crippen molar-refractivity contribution in [3.05, 3.63) is 93.1 Å². The summed E-state index contributed by atoms with van der Waals surface area (Å²) in [5, 5.41) is 24.5. The Kier molecular flexibility index (Phi) is 17.1. The van der Waals surface area contributed by atoms with Crippen LogP contribution in [0.3, 0.4) is 0 Å². The van der Waals surface area contributed by atoms with E-state index in [-0.39, 0.29) is 23.1 Å². The Hall–Kier alpha value is -4.62. The van der Waals surface area contributed by atoms with E-state index in [1.807, 2.05) is 10.3 Å². The predicted octanol–water partition coefficient (Wildman–Crippen LogP) is -2.42. The van der Waals surface area contributed by atoms with Crippen LogP contribution in [0.25, 0.3) is 0 Å². The lowest BCUT2D eigenvalue weighted by atomic mass is 9.87. The number of nitrogens with zero attached hydrogens (tertiary/aromatic N) is 5. The van der Waals surface area contributed by atoms with Gasteiger partial charge in [0.15, 0.2) is 5.60 Å². The van der Waals surface area contributed by atoms with Gasteiger partial charge in [0.2, 0.25) is 0 Å². The van der Waals surface area contributed by atoms with Crippen molar-refractivity contribution in [1.82, 2.24) is 38.9 Å². The van der Waals surface area contributed by atoms with Gasteiger partial charge in [0.25, 0.3) is 17.0 Å². The number of hydrogen-bond donors (Lipinski definition) is 10. The number of ether oxygens (including phenoxy) is 4. The van der Waals surface area contributed by atoms with Gasteiger partial charge >= 0.3 is 54.4 Å². The minimum absolute atomic E-state index is 0.0104. The average molecular weight is 1230 g/mol. The quantitative estimate of drug-likeness (QED) is 0.0708. The van der Waals surface area contributed by atoms with Crippen LogP contribution in [0.2, 0.25) is 0 Å². The van der Waals surface area contributed by atoms with Crippen LogP contribution in [-0.2, 0) is 73.7 Å². The van der Waals surface area contributed by atoms with Crippen LogP contribution in [0, 0.1) is 20.8 Å². The zero-order valence-electron chi connectivity index (χ0n) is 42.5. The summed E-state index contributed by atoms with van der Waals surface area (Å²) >= 11 is 0. The summed E-state index contributed by atoms with van der Waals surface area (Å²) < 4.78 is 116. The fourth-order valence-corrected chi connectivity index (χ4v) is 13.1. The topological polar surface area (TPSA) is 505 Å². The van der Waals surface area contributed by atoms with Crippen LogP contribution in [-0.4, -0.2) is 167 Å². The minimum Gasteiger partial charge on any atom is -0.390 e. The molecule has 0 spiro atoms. The maximum atomic E-state index is 14.0. The number of aromatic amines is 2. The highest BCUT2D eigenvalue weighted by Gasteiger charge is 2.58. The Morgan fingerprint density at radius 2 is 1.21 bits per heavy atom. The van der Waals surface area contributed by atoms with E-state index in [4.69, 9.17) is 46.1 Å². The van der Waals surface area contributed by atoms with Crippen molar-refractivity contribution in [1.29, 1.82) is 0 Å². The van der Waals surface area contributed by atoms with Gasteiger partial charge in [-0.1, -0.05) is 0 Å². The molecule has 0 aliphatic carbocycles. The molecular formula is C40H54N8O29P4. The number of amides is 3. The second kappa shape index (κ2) is 22.8. The Bertz CT molecular complexity index is 3470. The zero-order valence-corrected chi connectivity index (χ0v) is 46.1. The maximum absolute atomic E-state index is 14.0. The van der Waals surface area contributed by atoms with Crippen LogP contribution >= 0.6 is 31.3 Å². The first kappa shape index (κ1) is 61.0. The van der Waals surface area contributed by atoms with E-state index < -0.39 is 208 Å². The van der Waals surface area contributed by atoms with Crippen molar-refractivity contribution in [2.75, 3.05) is 26.4 Å². The van der Waals surface area contributed by atoms with E-state index in [1.54, 1.807) is 0 Å². The number of aliphatic hydroxyl groups is 2. The Labute approximate surface area is 452 Å². The fourth-order valence-electron chi connectivity index (χ4n) is 9.87. The number of H-pyrrole nitrogens is 2. The Morgan fingerprint density at radius 1 is 0.691 bits per heavy atom. The second-order valence-corrected chi connectivity index (χ2v) is 25.2. The molecule has 41 heteroatoms. The molecule has 5 saturated heterocycles. The van der Waals surface area contributed by atoms with Gasteiger partial charge in [0.05, 0.1) is 38.2 Å². The van der Waals surface area contributed by atoms with E-state index in [0.29, 0.717) is 4.90 Å². The van der Waals surface area contributed by atoms with Crippen molar-refractivity contribution in [2.24, 2.45) is 0 Å². The molecule has 0 aromatic carbocycles. The third-order valence-corrected chi connectivity index (χ3v) is 17.4. The Balaban J connectivity index is 0.968. The van der Waals surface area contributed by atoms with Gasteiger partial charge < -0.3 is 53.6 Å². The van der Waals surface area contributed by atoms with Gasteiger partial charge in [-0.15, -0.1) is 0 Å². The number of fused-ring (bicyclic) bond motifs is 5. The molecule has 3 aromatic rings. The molecule has 17 atom stereocenters. The zero-order chi connectivity index (χ0) is 59.1. The summed E-state index contributed by atoms with van der Waals surface area (Å²) in [6.07, 6.45) is -17.4. The largest absolute Gasteiger partial charge is 0.472 e. The van der Waals surface area contributed by atoms with E-state index in [1.165, 1.54) is 27.0 Å². The number of aromatic nitrogens is 6. The van der Waals surface area contributed by atoms with Crippen LogP contribution in [0.15, 0.2) is 42.6 Å². The molecular weight excluding hydrogens is 1180 g/mol. The third-order valence-electron chi connectivity index (χ3n) is 13.9. The lowest BCUT2D eigenvalue weighted by Crippen LogP contribution is -2.67. The lowest BCUT2D eigenvalue weighted by molar-refractivity contribution is -0.159. The van der Waals surface area contributed by atoms with Crippen molar-refractivity contribution in [3.63, 3.8) is 0 Å². The molecule has 7 aliphatic heterocycles. The Morgan fingerprint density at radius 3 is 1.83 bits per heavy atom. The highest BCUT2D eigenvalue weighted by molar-refractivity contribution is 7.48. The molecule has 10 N–H and O–H groups in total. The molecule has 37 nitrogen and oxygen atoms in total. The van der Waals surface area contributed by atoms with Crippen molar-refractivity contribution >= 4 is 43.2 Å². The molecule has 0 radical (unpaired) electrons. The van der Waals surface area contributed by atoms with Crippen molar-refractivity contribution in [2.45, 2.75) is 139 Å². The van der Waals surface area contributed by atoms with Gasteiger partial charge in [-0.25, -0.2) is 37.4 Å². The minimum atomic E-state index is -5.51. The maximum Gasteiger partial charge on any atom is 0.472 e. The van der Waals surface area contributed by atoms with Crippen LogP contribution < -0.4 is 33.5 Å². The third kappa shape index (κ3) is 13.3. The monoisotopic (exact) mass is 1230 g/mol. The highest BCUT2D eigenvalue weighted by atomic mass is 31.2. The standard InChI is InChI=1S/C40H54N8O29P4/c1-16-9-45-28-7-21(76-79(61,62)68-12-23-19(49)5-27(71-23)46-10-17(2)33(50)42-37(46)54)25(73-28)14-69-81(65,66)77-22-8-30(48-32(31(16)41-36(45)53)40(4,57)35(52)44-39(48)56)74-26(22)15-70-80(63,64)75-20-6-29(72-24(20)13-67-78(58,59)60)47-11-18(3)34(51)43-38(47)55/h9-11,19-30,32,49,57H,5-8,12-15H2,1-4H3,(H,61,62)(H,63,64)(H,65,66)(H,42,50,54)(H,43,51,55)(H,44,52,56)(H2,58,59,60)/t19-,20-,21-,22-,23+,24+,25+,26+,27+,28+,29+,30+,32-,40+/m0/s1. The molecule has 10 rings (SSSR count). The number of hydrogen-bond acceptors (Lipinski definition) is 25. The van der Waals surface area contributed by atoms with Gasteiger partial charge in [-0.2, -0.15) is 4.98 Å². The molecule has 3 unspecified atom stereocenters. The van der Waals surface area contributed by atoms with Crippen LogP contribution in [0.5, 0.6) is 0 Å². The normalized spacial score (nSPS) is 35.0. The van der Waals surface area contributed by atoms with Crippen LogP contribution in [0.1, 0.15) is 79.7 Å². The van der Waals surface area contributed by atoms with Gasteiger partial charge in [-0.3, -0.25) is 79.9 Å². The molecule has 81 heavy (non-hydrogen) atoms. The molecule has 3 amide bonds. The molecule has 5 fully saturated rings. The highest BCUT2D eigenvalue weighted by Crippen LogP contribution is 2.54. The van der Waals surface area contributed by atoms with E-state index in [2.05, 4.69) is 14.5 Å². The summed E-state index contributed by atoms with van der Waals surface area (Å²) in [4.78, 5) is 151. The van der Waals surface area contributed by atoms with Gasteiger partial charge in [0.1, 0.15) is 73.7 Å². The summed E-state index contributed by atoms with van der Waals surface area (Å²) in [5.74, 6) is -1.28. The van der Waals surface area contributed by atoms with E-state index >= 15 is 0 Å². The first-order chi connectivity index (χ1) is 37.7. The fraction of sp³-hybridized carbons (Fsp3) is 0.650. The smallest absolute Gasteiger partial charge is 0.390 e. The molecule has 448 valence electrons. The number of carbonyl (C=O) groups excluding carboxylic acids is 2. The predicted molar refractivity (Wildman–Crippen MR) is 259 cm³/mol. The first-order valence-electron chi connectivity index (χ1n) is 24.2. The summed E-state index contributed by atoms with van der Waals surface area (Å²) in [6.45, 7) is 1.08. The SMILES string of the molecule is Cc1cn2c(=O)nc1[C@@H]1N(C(=O)NC(=O)[C@]1(C)O)[C@H]1C[C@H](OP(=O)(O)OC[C@H]3O[C@@H]2C[C@@H]3OP(=O)(O)OC[C@H]2O[C@@H](n3cc(C)c(=O)[nH]c3=O)C[C@@H]2O)[C@@H](COP(=O)(O)O[C@H]2C[C@H](n3cc(C)c(=O)[nH]c3=O)O[C@@H]2COP(=O)(O)O)O1. The van der Waals surface area contributed by atoms with Gasteiger partial charge in [-0.05, 0) is 33.3 Å².